The summed E-state index contributed by atoms with van der Waals surface area (Å²) in [6.07, 6.45) is 1.29. The fourth-order valence-electron chi connectivity index (χ4n) is 4.09. The van der Waals surface area contributed by atoms with E-state index in [4.69, 9.17) is 5.73 Å². The summed E-state index contributed by atoms with van der Waals surface area (Å²) < 4.78 is 0. The Morgan fingerprint density at radius 2 is 2.04 bits per heavy atom. The van der Waals surface area contributed by atoms with Crippen LogP contribution in [0.4, 0.5) is 5.69 Å². The number of hydrogen-bond donors (Lipinski definition) is 2. The summed E-state index contributed by atoms with van der Waals surface area (Å²) >= 11 is 0. The number of nitrogens with two attached hydrogens (primary N) is 1. The maximum atomic E-state index is 11.7. The van der Waals surface area contributed by atoms with Crippen molar-refractivity contribution in [3.8, 4) is 0 Å². The highest BCUT2D eigenvalue weighted by Crippen LogP contribution is 2.38. The first-order valence-electron chi connectivity index (χ1n) is 8.56. The molecule has 0 spiro atoms. The summed E-state index contributed by atoms with van der Waals surface area (Å²) in [6, 6.07) is 1.87. The van der Waals surface area contributed by atoms with Gasteiger partial charge in [0.1, 0.15) is 5.69 Å². The summed E-state index contributed by atoms with van der Waals surface area (Å²) in [5.41, 5.74) is 9.04. The first-order chi connectivity index (χ1) is 10.8. The number of amides is 1. The normalized spacial score (nSPS) is 26.6. The van der Waals surface area contributed by atoms with Gasteiger partial charge < -0.3 is 11.1 Å². The maximum absolute atomic E-state index is 11.7. The topological polar surface area (TPSA) is 71.2 Å². The van der Waals surface area contributed by atoms with Gasteiger partial charge in [0, 0.05) is 31.6 Å². The Labute approximate surface area is 138 Å². The monoisotopic (exact) mass is 316 g/mol. The zero-order valence-corrected chi connectivity index (χ0v) is 14.6. The highest BCUT2D eigenvalue weighted by Gasteiger charge is 2.34. The molecule has 0 unspecified atom stereocenters. The number of pyridine rings is 1. The maximum Gasteiger partial charge on any atom is 0.267 e. The Hall–Kier alpha value is -1.62. The molecular weight excluding hydrogens is 288 g/mol. The van der Waals surface area contributed by atoms with Gasteiger partial charge in [0.25, 0.3) is 5.91 Å². The van der Waals surface area contributed by atoms with Crippen LogP contribution in [0.25, 0.3) is 0 Å². The molecule has 2 aliphatic rings. The van der Waals surface area contributed by atoms with E-state index < -0.39 is 5.91 Å². The van der Waals surface area contributed by atoms with Crippen molar-refractivity contribution in [3.05, 3.63) is 23.0 Å². The van der Waals surface area contributed by atoms with Gasteiger partial charge in [-0.15, -0.1) is 0 Å². The molecule has 23 heavy (non-hydrogen) atoms. The second kappa shape index (κ2) is 5.78. The van der Waals surface area contributed by atoms with Gasteiger partial charge in [0.05, 0.1) is 11.4 Å². The Balaban J connectivity index is 1.94. The van der Waals surface area contributed by atoms with E-state index in [1.165, 1.54) is 6.42 Å². The van der Waals surface area contributed by atoms with E-state index in [9.17, 15) is 4.79 Å². The molecule has 1 saturated heterocycles. The van der Waals surface area contributed by atoms with E-state index in [1.807, 2.05) is 6.07 Å². The highest BCUT2D eigenvalue weighted by molar-refractivity contribution is 5.91. The first-order valence-corrected chi connectivity index (χ1v) is 8.56. The molecule has 3 N–H and O–H groups in total. The predicted molar refractivity (Wildman–Crippen MR) is 92.5 cm³/mol. The van der Waals surface area contributed by atoms with Crippen LogP contribution in [0, 0.1) is 11.8 Å². The Kier molecular flexibility index (Phi) is 4.08. The fourth-order valence-corrected chi connectivity index (χ4v) is 4.09. The fraction of sp³-hybridized carbons (Fsp3) is 0.667. The van der Waals surface area contributed by atoms with Crippen LogP contribution in [-0.4, -0.2) is 35.4 Å². The number of nitrogens with zero attached hydrogens (tertiary/aromatic N) is 2. The number of primary amides is 1. The van der Waals surface area contributed by atoms with E-state index >= 15 is 0 Å². The summed E-state index contributed by atoms with van der Waals surface area (Å²) in [5.74, 6) is 0.986. The van der Waals surface area contributed by atoms with Crippen molar-refractivity contribution >= 4 is 11.6 Å². The van der Waals surface area contributed by atoms with Crippen LogP contribution in [0.1, 0.15) is 55.9 Å². The zero-order chi connectivity index (χ0) is 16.8. The largest absolute Gasteiger partial charge is 0.382 e. The molecule has 1 fully saturated rings. The zero-order valence-electron chi connectivity index (χ0n) is 14.6. The number of rotatable bonds is 3. The van der Waals surface area contributed by atoms with Crippen LogP contribution in [0.2, 0.25) is 0 Å². The number of carbonyl (C=O) groups is 1. The molecule has 0 bridgehead atoms. The lowest BCUT2D eigenvalue weighted by Gasteiger charge is -2.35. The minimum atomic E-state index is -0.447. The molecule has 0 aliphatic carbocycles. The lowest BCUT2D eigenvalue weighted by molar-refractivity contribution is 0.0994. The van der Waals surface area contributed by atoms with Crippen LogP contribution in [-0.2, 0) is 12.0 Å². The predicted octanol–water partition coefficient (Wildman–Crippen LogP) is 2.36. The van der Waals surface area contributed by atoms with Crippen molar-refractivity contribution < 1.29 is 4.79 Å². The molecule has 3 rings (SSSR count). The third kappa shape index (κ3) is 3.20. The summed E-state index contributed by atoms with van der Waals surface area (Å²) in [7, 11) is 0. The molecule has 0 radical (unpaired) electrons. The van der Waals surface area contributed by atoms with Crippen LogP contribution in [0.3, 0.4) is 0 Å². The van der Waals surface area contributed by atoms with Crippen molar-refractivity contribution in [2.45, 2.75) is 46.1 Å². The molecule has 126 valence electrons. The summed E-state index contributed by atoms with van der Waals surface area (Å²) in [6.45, 7) is 12.8. The van der Waals surface area contributed by atoms with E-state index in [0.717, 1.165) is 43.1 Å². The van der Waals surface area contributed by atoms with Gasteiger partial charge in [-0.25, -0.2) is 4.98 Å². The second-order valence-electron chi connectivity index (χ2n) is 8.13. The second-order valence-corrected chi connectivity index (χ2v) is 8.13. The van der Waals surface area contributed by atoms with Crippen molar-refractivity contribution in [3.63, 3.8) is 0 Å². The molecule has 0 aromatic carbocycles. The van der Waals surface area contributed by atoms with Gasteiger partial charge in [0.15, 0.2) is 0 Å². The van der Waals surface area contributed by atoms with Crippen LogP contribution >= 0.6 is 0 Å². The summed E-state index contributed by atoms with van der Waals surface area (Å²) in [5, 5.41) is 3.50. The van der Waals surface area contributed by atoms with Gasteiger partial charge in [-0.1, -0.05) is 27.7 Å². The Bertz CT molecular complexity index is 616. The number of nitrogens with one attached hydrogen (secondary N) is 1. The van der Waals surface area contributed by atoms with Crippen molar-refractivity contribution in [1.29, 1.82) is 0 Å². The van der Waals surface area contributed by atoms with Crippen molar-refractivity contribution in [2.75, 3.05) is 25.0 Å². The molecule has 2 aliphatic heterocycles. The van der Waals surface area contributed by atoms with E-state index in [-0.39, 0.29) is 5.41 Å². The lowest BCUT2D eigenvalue weighted by atomic mass is 9.89. The van der Waals surface area contributed by atoms with E-state index in [0.29, 0.717) is 17.5 Å². The average Bonchev–Trinajstić information content (AvgIpc) is 2.73. The smallest absolute Gasteiger partial charge is 0.267 e. The van der Waals surface area contributed by atoms with Gasteiger partial charge in [-0.05, 0) is 29.9 Å². The number of anilines is 1. The lowest BCUT2D eigenvalue weighted by Crippen LogP contribution is -2.38. The first kappa shape index (κ1) is 16.2. The number of likely N-dealkylation sites (tertiary alicyclic amines) is 1. The molecule has 3 heterocycles. The average molecular weight is 316 g/mol. The van der Waals surface area contributed by atoms with Gasteiger partial charge >= 0.3 is 0 Å². The number of carbonyl (C=O) groups excluding carboxylic acids is 1. The molecule has 2 atom stereocenters. The number of aromatic nitrogens is 1. The minimum absolute atomic E-state index is 0.0714. The number of hydrogen-bond acceptors (Lipinski definition) is 4. The molecule has 5 heteroatoms. The Morgan fingerprint density at radius 1 is 1.39 bits per heavy atom. The van der Waals surface area contributed by atoms with Crippen molar-refractivity contribution in [1.82, 2.24) is 9.88 Å². The SMILES string of the molecule is C[C@@H]1C[C@H](C)CN(Cc2cc(C(N)=O)nc3c2NCC3(C)C)C1. The van der Waals surface area contributed by atoms with Crippen LogP contribution < -0.4 is 11.1 Å². The van der Waals surface area contributed by atoms with E-state index in [1.54, 1.807) is 0 Å². The van der Waals surface area contributed by atoms with Gasteiger partial charge in [-0.3, -0.25) is 9.69 Å². The van der Waals surface area contributed by atoms with Crippen molar-refractivity contribution in [2.24, 2.45) is 17.6 Å². The third-order valence-electron chi connectivity index (χ3n) is 5.04. The molecule has 1 aromatic heterocycles. The summed E-state index contributed by atoms with van der Waals surface area (Å²) in [4.78, 5) is 18.7. The van der Waals surface area contributed by atoms with Gasteiger partial charge in [0.2, 0.25) is 0 Å². The minimum Gasteiger partial charge on any atom is -0.382 e. The number of fused-ring (bicyclic) bond motifs is 1. The Morgan fingerprint density at radius 3 is 2.65 bits per heavy atom. The van der Waals surface area contributed by atoms with Crippen LogP contribution in [0.5, 0.6) is 0 Å². The molecule has 5 nitrogen and oxygen atoms in total. The standard InChI is InChI=1S/C18H28N4O/c1-11-5-12(2)8-22(7-11)9-13-6-14(17(19)23)21-16-15(13)20-10-18(16,3)4/h6,11-12,20H,5,7-10H2,1-4H3,(H2,19,23)/t11-,12+. The molecular formula is C18H28N4O. The number of piperidine rings is 1. The molecule has 1 amide bonds. The molecule has 0 saturated carbocycles. The van der Waals surface area contributed by atoms with E-state index in [2.05, 4.69) is 42.9 Å². The third-order valence-corrected chi connectivity index (χ3v) is 5.04. The highest BCUT2D eigenvalue weighted by atomic mass is 16.1. The molecule has 1 aromatic rings. The quantitative estimate of drug-likeness (QED) is 0.898. The van der Waals surface area contributed by atoms with Gasteiger partial charge in [-0.2, -0.15) is 0 Å². The van der Waals surface area contributed by atoms with Crippen LogP contribution in [0.15, 0.2) is 6.07 Å².